The lowest BCUT2D eigenvalue weighted by atomic mass is 10.1. The first kappa shape index (κ1) is 18.2. The van der Waals surface area contributed by atoms with Gasteiger partial charge in [0.05, 0.1) is 0 Å². The highest BCUT2D eigenvalue weighted by Gasteiger charge is 2.13. The maximum atomic E-state index is 12.4. The number of nitrogens with zero attached hydrogens (tertiary/aromatic N) is 1. The molecule has 0 spiro atoms. The SMILES string of the molecule is CCCCCCCCCN(CC)C(=O)c1ccc(Br)cc1. The van der Waals surface area contributed by atoms with E-state index in [2.05, 4.69) is 29.8 Å². The third-order valence-electron chi connectivity index (χ3n) is 3.79. The monoisotopic (exact) mass is 353 g/mol. The molecule has 2 nitrogen and oxygen atoms in total. The van der Waals surface area contributed by atoms with Crippen LogP contribution >= 0.6 is 15.9 Å². The zero-order chi connectivity index (χ0) is 15.5. The van der Waals surface area contributed by atoms with Gasteiger partial charge in [0.2, 0.25) is 0 Å². The Kier molecular flexibility index (Phi) is 9.40. The molecular formula is C18H28BrNO. The lowest BCUT2D eigenvalue weighted by Crippen LogP contribution is -2.31. The first-order chi connectivity index (χ1) is 10.2. The van der Waals surface area contributed by atoms with Gasteiger partial charge in [-0.15, -0.1) is 0 Å². The van der Waals surface area contributed by atoms with Crippen LogP contribution in [0.5, 0.6) is 0 Å². The van der Waals surface area contributed by atoms with Crippen molar-refractivity contribution in [1.82, 2.24) is 4.90 Å². The second-order valence-electron chi connectivity index (χ2n) is 5.51. The predicted octanol–water partition coefficient (Wildman–Crippen LogP) is 5.66. The highest BCUT2D eigenvalue weighted by atomic mass is 79.9. The van der Waals surface area contributed by atoms with Crippen LogP contribution in [0.1, 0.15) is 69.2 Å². The van der Waals surface area contributed by atoms with Gasteiger partial charge < -0.3 is 4.90 Å². The summed E-state index contributed by atoms with van der Waals surface area (Å²) in [6, 6.07) is 7.63. The average Bonchev–Trinajstić information content (AvgIpc) is 2.50. The van der Waals surface area contributed by atoms with Gasteiger partial charge in [0, 0.05) is 23.1 Å². The highest BCUT2D eigenvalue weighted by molar-refractivity contribution is 9.10. The van der Waals surface area contributed by atoms with Crippen LogP contribution in [-0.2, 0) is 0 Å². The summed E-state index contributed by atoms with van der Waals surface area (Å²) < 4.78 is 1.01. The Bertz CT molecular complexity index is 402. The van der Waals surface area contributed by atoms with Gasteiger partial charge in [0.1, 0.15) is 0 Å². The zero-order valence-electron chi connectivity index (χ0n) is 13.4. The van der Waals surface area contributed by atoms with Gasteiger partial charge in [-0.25, -0.2) is 0 Å². The van der Waals surface area contributed by atoms with Crippen molar-refractivity contribution in [3.8, 4) is 0 Å². The molecule has 1 aromatic rings. The Hall–Kier alpha value is -0.830. The first-order valence-corrected chi connectivity index (χ1v) is 9.03. The van der Waals surface area contributed by atoms with E-state index in [1.54, 1.807) is 0 Å². The second-order valence-corrected chi connectivity index (χ2v) is 6.43. The fraction of sp³-hybridized carbons (Fsp3) is 0.611. The van der Waals surface area contributed by atoms with Crippen LogP contribution in [0, 0.1) is 0 Å². The van der Waals surface area contributed by atoms with Crippen LogP contribution in [0.25, 0.3) is 0 Å². The second kappa shape index (κ2) is 10.8. The molecule has 3 heteroatoms. The highest BCUT2D eigenvalue weighted by Crippen LogP contribution is 2.13. The number of carbonyl (C=O) groups is 1. The number of amides is 1. The van der Waals surface area contributed by atoms with E-state index in [9.17, 15) is 4.79 Å². The number of halogens is 1. The molecule has 21 heavy (non-hydrogen) atoms. The number of hydrogen-bond donors (Lipinski definition) is 0. The topological polar surface area (TPSA) is 20.3 Å². The Morgan fingerprint density at radius 1 is 0.952 bits per heavy atom. The van der Waals surface area contributed by atoms with Gasteiger partial charge in [-0.05, 0) is 37.6 Å². The molecule has 0 bridgehead atoms. The van der Waals surface area contributed by atoms with Crippen LogP contribution in [0.2, 0.25) is 0 Å². The minimum atomic E-state index is 0.149. The van der Waals surface area contributed by atoms with E-state index >= 15 is 0 Å². The summed E-state index contributed by atoms with van der Waals surface area (Å²) in [6.07, 6.45) is 8.97. The molecule has 118 valence electrons. The molecular weight excluding hydrogens is 326 g/mol. The quantitative estimate of drug-likeness (QED) is 0.496. The van der Waals surface area contributed by atoms with E-state index in [0.717, 1.165) is 29.5 Å². The number of unbranched alkanes of at least 4 members (excludes halogenated alkanes) is 6. The molecule has 1 amide bonds. The summed E-state index contributed by atoms with van der Waals surface area (Å²) in [6.45, 7) is 5.95. The van der Waals surface area contributed by atoms with E-state index in [1.165, 1.54) is 38.5 Å². The van der Waals surface area contributed by atoms with Crippen molar-refractivity contribution >= 4 is 21.8 Å². The molecule has 0 N–H and O–H groups in total. The average molecular weight is 354 g/mol. The van der Waals surface area contributed by atoms with Crippen LogP contribution in [0.15, 0.2) is 28.7 Å². The molecule has 0 fully saturated rings. The summed E-state index contributed by atoms with van der Waals surface area (Å²) in [4.78, 5) is 14.4. The normalized spacial score (nSPS) is 10.6. The summed E-state index contributed by atoms with van der Waals surface area (Å²) in [7, 11) is 0. The van der Waals surface area contributed by atoms with Gasteiger partial charge in [-0.2, -0.15) is 0 Å². The smallest absolute Gasteiger partial charge is 0.253 e. The largest absolute Gasteiger partial charge is 0.339 e. The van der Waals surface area contributed by atoms with Gasteiger partial charge in [-0.1, -0.05) is 61.4 Å². The van der Waals surface area contributed by atoms with Crippen molar-refractivity contribution in [3.63, 3.8) is 0 Å². The molecule has 0 radical (unpaired) electrons. The van der Waals surface area contributed by atoms with E-state index in [4.69, 9.17) is 0 Å². The molecule has 0 heterocycles. The van der Waals surface area contributed by atoms with Crippen LogP contribution in [-0.4, -0.2) is 23.9 Å². The summed E-state index contributed by atoms with van der Waals surface area (Å²) in [5, 5.41) is 0. The molecule has 0 saturated carbocycles. The fourth-order valence-electron chi connectivity index (χ4n) is 2.44. The molecule has 0 aliphatic rings. The lowest BCUT2D eigenvalue weighted by Gasteiger charge is -2.21. The Labute approximate surface area is 138 Å². The van der Waals surface area contributed by atoms with Crippen molar-refractivity contribution in [3.05, 3.63) is 34.3 Å². The van der Waals surface area contributed by atoms with Crippen molar-refractivity contribution in [2.75, 3.05) is 13.1 Å². The molecule has 0 unspecified atom stereocenters. The maximum absolute atomic E-state index is 12.4. The van der Waals surface area contributed by atoms with Gasteiger partial charge >= 0.3 is 0 Å². The molecule has 0 aromatic heterocycles. The Morgan fingerprint density at radius 3 is 2.10 bits per heavy atom. The molecule has 0 saturated heterocycles. The molecule has 0 aliphatic heterocycles. The van der Waals surface area contributed by atoms with Crippen molar-refractivity contribution in [2.24, 2.45) is 0 Å². The van der Waals surface area contributed by atoms with Crippen LogP contribution in [0.3, 0.4) is 0 Å². The van der Waals surface area contributed by atoms with Crippen molar-refractivity contribution in [2.45, 2.75) is 58.8 Å². The third kappa shape index (κ3) is 7.12. The zero-order valence-corrected chi connectivity index (χ0v) is 15.0. The van der Waals surface area contributed by atoms with Crippen molar-refractivity contribution < 1.29 is 4.79 Å². The number of hydrogen-bond acceptors (Lipinski definition) is 1. The number of benzene rings is 1. The number of carbonyl (C=O) groups excluding carboxylic acids is 1. The summed E-state index contributed by atoms with van der Waals surface area (Å²) >= 11 is 3.40. The van der Waals surface area contributed by atoms with Gasteiger partial charge in [0.15, 0.2) is 0 Å². The molecule has 1 aromatic carbocycles. The summed E-state index contributed by atoms with van der Waals surface area (Å²) in [5.41, 5.74) is 0.781. The lowest BCUT2D eigenvalue weighted by molar-refractivity contribution is 0.0761. The minimum Gasteiger partial charge on any atom is -0.339 e. The summed E-state index contributed by atoms with van der Waals surface area (Å²) in [5.74, 6) is 0.149. The fourth-order valence-corrected chi connectivity index (χ4v) is 2.70. The predicted molar refractivity (Wildman–Crippen MR) is 93.7 cm³/mol. The van der Waals surface area contributed by atoms with Gasteiger partial charge in [0.25, 0.3) is 5.91 Å². The minimum absolute atomic E-state index is 0.149. The van der Waals surface area contributed by atoms with E-state index in [1.807, 2.05) is 29.2 Å². The van der Waals surface area contributed by atoms with Crippen LogP contribution < -0.4 is 0 Å². The van der Waals surface area contributed by atoms with Gasteiger partial charge in [-0.3, -0.25) is 4.79 Å². The van der Waals surface area contributed by atoms with E-state index < -0.39 is 0 Å². The third-order valence-corrected chi connectivity index (χ3v) is 4.32. The first-order valence-electron chi connectivity index (χ1n) is 8.23. The number of rotatable bonds is 10. The van der Waals surface area contributed by atoms with E-state index in [0.29, 0.717) is 0 Å². The standard InChI is InChI=1S/C18H28BrNO/c1-3-5-6-7-8-9-10-15-20(4-2)18(21)16-11-13-17(19)14-12-16/h11-14H,3-10,15H2,1-2H3. The van der Waals surface area contributed by atoms with Crippen LogP contribution in [0.4, 0.5) is 0 Å². The molecule has 0 atom stereocenters. The van der Waals surface area contributed by atoms with Crippen molar-refractivity contribution in [1.29, 1.82) is 0 Å². The van der Waals surface area contributed by atoms with E-state index in [-0.39, 0.29) is 5.91 Å². The molecule has 0 aliphatic carbocycles. The Morgan fingerprint density at radius 2 is 1.52 bits per heavy atom. The molecule has 1 rings (SSSR count). The Balaban J connectivity index is 2.30. The maximum Gasteiger partial charge on any atom is 0.253 e.